The van der Waals surface area contributed by atoms with Gasteiger partial charge in [0.05, 0.1) is 0 Å². The highest BCUT2D eigenvalue weighted by Gasteiger charge is 2.16. The van der Waals surface area contributed by atoms with Crippen LogP contribution in [0.4, 0.5) is 0 Å². The van der Waals surface area contributed by atoms with Crippen molar-refractivity contribution in [1.82, 2.24) is 0 Å². The second-order valence-corrected chi connectivity index (χ2v) is 2.39. The van der Waals surface area contributed by atoms with E-state index in [2.05, 4.69) is 0 Å². The molecule has 1 aliphatic heterocycles. The molecule has 0 spiro atoms. The lowest BCUT2D eigenvalue weighted by Crippen LogP contribution is -2.14. The average Bonchev–Trinajstić information content (AvgIpc) is 2.87. The van der Waals surface area contributed by atoms with Gasteiger partial charge >= 0.3 is 0 Å². The van der Waals surface area contributed by atoms with Crippen LogP contribution in [0.25, 0.3) is 0 Å². The summed E-state index contributed by atoms with van der Waals surface area (Å²) in [7, 11) is 4.18. The maximum Gasteiger partial charge on any atom is 0.180 e. The van der Waals surface area contributed by atoms with Gasteiger partial charge in [-0.05, 0) is 24.3 Å². The topological polar surface area (TPSA) is 114 Å². The zero-order valence-corrected chi connectivity index (χ0v) is 10.6. The first kappa shape index (κ1) is 31.2. The van der Waals surface area contributed by atoms with Gasteiger partial charge in [-0.2, -0.15) is 0 Å². The summed E-state index contributed by atoms with van der Waals surface area (Å²) in [5.74, 6) is 0. The highest BCUT2D eigenvalue weighted by Crippen LogP contribution is 2.11. The molecule has 0 saturated carbocycles. The second kappa shape index (κ2) is 26.2. The summed E-state index contributed by atoms with van der Waals surface area (Å²) in [6, 6.07) is 0. The third-order valence-electron chi connectivity index (χ3n) is 1.43. The zero-order chi connectivity index (χ0) is 13.5. The van der Waals surface area contributed by atoms with E-state index in [1.54, 1.807) is 14.2 Å². The Labute approximate surface area is 121 Å². The summed E-state index contributed by atoms with van der Waals surface area (Å²) >= 11 is 0. The highest BCUT2D eigenvalue weighted by atomic mass is 16.8. The van der Waals surface area contributed by atoms with Crippen molar-refractivity contribution in [3.8, 4) is 0 Å². The Hall–Kier alpha value is -1.38. The predicted octanol–water partition coefficient (Wildman–Crippen LogP) is 0.514. The van der Waals surface area contributed by atoms with Crippen LogP contribution in [0.3, 0.4) is 0 Å². The molecular formula is C13H28O7. The third-order valence-corrected chi connectivity index (χ3v) is 1.43. The number of allylic oxidation sites excluding steroid dienone is 2. The van der Waals surface area contributed by atoms with Crippen LogP contribution in [0.15, 0.2) is 24.3 Å². The van der Waals surface area contributed by atoms with Crippen LogP contribution < -0.4 is 0 Å². The van der Waals surface area contributed by atoms with Crippen molar-refractivity contribution in [1.29, 1.82) is 0 Å². The first-order valence-corrected chi connectivity index (χ1v) is 4.68. The molecule has 0 unspecified atom stereocenters. The molecule has 1 heterocycles. The van der Waals surface area contributed by atoms with Crippen molar-refractivity contribution in [2.24, 2.45) is 0 Å². The molecule has 3 N–H and O–H groups in total. The molecule has 0 radical (unpaired) electrons. The van der Waals surface area contributed by atoms with E-state index in [1.165, 1.54) is 0 Å². The lowest BCUT2D eigenvalue weighted by molar-refractivity contribution is -0.173. The molecule has 7 nitrogen and oxygen atoms in total. The number of carbonyl (C=O) groups is 2. The number of rotatable bonds is 4. The molecule has 0 aromatic carbocycles. The minimum Gasteiger partial charge on any atom is -0.412 e. The van der Waals surface area contributed by atoms with Gasteiger partial charge in [0.25, 0.3) is 0 Å². The second-order valence-electron chi connectivity index (χ2n) is 2.39. The summed E-state index contributed by atoms with van der Waals surface area (Å²) in [4.78, 5) is 18.6. The summed E-state index contributed by atoms with van der Waals surface area (Å²) < 4.78 is 14.8. The molecule has 122 valence electrons. The Kier molecular flexibility index (Phi) is 40.9. The maximum atomic E-state index is 9.32. The normalized spacial score (nSPS) is 18.0. The number of aliphatic hydroxyl groups excluding tert-OH is 1. The first-order valence-electron chi connectivity index (χ1n) is 4.68. The zero-order valence-electron chi connectivity index (χ0n) is 10.6. The lowest BCUT2D eigenvalue weighted by atomic mass is 10.5. The fourth-order valence-corrected chi connectivity index (χ4v) is 0.763. The smallest absolute Gasteiger partial charge is 0.180 e. The summed E-state index contributed by atoms with van der Waals surface area (Å²) in [5.41, 5.74) is 0. The van der Waals surface area contributed by atoms with E-state index in [4.69, 9.17) is 19.3 Å². The van der Waals surface area contributed by atoms with Crippen molar-refractivity contribution < 1.29 is 34.4 Å². The monoisotopic (exact) mass is 296 g/mol. The molecule has 7 heteroatoms. The van der Waals surface area contributed by atoms with Crippen molar-refractivity contribution in [3.05, 3.63) is 24.3 Å². The number of aliphatic hydroxyl groups is 1. The van der Waals surface area contributed by atoms with Gasteiger partial charge in [0, 0.05) is 21.3 Å². The Balaban J connectivity index is -0.0000000615. The van der Waals surface area contributed by atoms with Crippen molar-refractivity contribution in [2.45, 2.75) is 27.4 Å². The van der Waals surface area contributed by atoms with Gasteiger partial charge in [-0.3, -0.25) is 9.59 Å². The molecule has 0 bridgehead atoms. The number of methoxy groups -OCH3 is 2. The van der Waals surface area contributed by atoms with Crippen LogP contribution >= 0.6 is 0 Å². The van der Waals surface area contributed by atoms with E-state index in [0.717, 1.165) is 19.3 Å². The number of hydrogen-bond donors (Lipinski definition) is 1. The van der Waals surface area contributed by atoms with Gasteiger partial charge in [-0.15, -0.1) is 0 Å². The fourth-order valence-electron chi connectivity index (χ4n) is 0.763. The van der Waals surface area contributed by atoms with Crippen molar-refractivity contribution in [3.63, 3.8) is 0 Å². The van der Waals surface area contributed by atoms with Gasteiger partial charge < -0.3 is 24.8 Å². The van der Waals surface area contributed by atoms with Gasteiger partial charge in [0.1, 0.15) is 12.6 Å². The number of hydrogen-bond acceptors (Lipinski definition) is 6. The Morgan fingerprint density at radius 1 is 0.950 bits per heavy atom. The highest BCUT2D eigenvalue weighted by molar-refractivity contribution is 5.75. The molecule has 0 fully saturated rings. The summed E-state index contributed by atoms with van der Waals surface area (Å²) in [6.45, 7) is 0. The van der Waals surface area contributed by atoms with Crippen molar-refractivity contribution in [2.75, 3.05) is 21.3 Å². The Bertz CT molecular complexity index is 217. The molecule has 0 aromatic rings. The van der Waals surface area contributed by atoms with E-state index in [-0.39, 0.29) is 32.9 Å². The van der Waals surface area contributed by atoms with Gasteiger partial charge in [-0.1, -0.05) is 14.9 Å². The molecule has 0 aromatic heterocycles. The van der Waals surface area contributed by atoms with E-state index in [0.29, 0.717) is 12.6 Å². The average molecular weight is 296 g/mol. The molecule has 2 atom stereocenters. The van der Waals surface area contributed by atoms with E-state index < -0.39 is 0 Å². The van der Waals surface area contributed by atoms with Crippen LogP contribution in [0.1, 0.15) is 14.9 Å². The summed E-state index contributed by atoms with van der Waals surface area (Å²) in [5, 5.41) is 7.00. The lowest BCUT2D eigenvalue weighted by Gasteiger charge is -2.09. The number of ether oxygens (including phenoxy) is 3. The Morgan fingerprint density at radius 3 is 1.40 bits per heavy atom. The minimum absolute atomic E-state index is 0. The molecule has 0 amide bonds. The number of carbonyl (C=O) groups excluding carboxylic acids is 2. The molecule has 1 rings (SSSR count). The first-order chi connectivity index (χ1) is 8.28. The van der Waals surface area contributed by atoms with Gasteiger partial charge in [-0.25, -0.2) is 0 Å². The van der Waals surface area contributed by atoms with Crippen molar-refractivity contribution >= 4 is 12.6 Å². The number of aldehydes is 2. The molecular weight excluding hydrogens is 268 g/mol. The minimum atomic E-state index is -0.227. The Morgan fingerprint density at radius 2 is 1.25 bits per heavy atom. The van der Waals surface area contributed by atoms with Gasteiger partial charge in [0.2, 0.25) is 0 Å². The van der Waals surface area contributed by atoms with Gasteiger partial charge in [0.15, 0.2) is 12.6 Å². The molecule has 1 aliphatic rings. The maximum absolute atomic E-state index is 9.32. The largest absolute Gasteiger partial charge is 0.412 e. The molecule has 0 saturated heterocycles. The fraction of sp³-hybridized carbons (Fsp3) is 0.538. The molecule has 20 heavy (non-hydrogen) atoms. The van der Waals surface area contributed by atoms with Crippen LogP contribution in [0.5, 0.6) is 0 Å². The van der Waals surface area contributed by atoms with E-state index in [9.17, 15) is 9.59 Å². The molecule has 0 aliphatic carbocycles. The quantitative estimate of drug-likeness (QED) is 0.459. The predicted molar refractivity (Wildman–Crippen MR) is 78.3 cm³/mol. The summed E-state index contributed by atoms with van der Waals surface area (Å²) in [6.07, 6.45) is 6.54. The van der Waals surface area contributed by atoms with Crippen LogP contribution in [-0.4, -0.2) is 57.1 Å². The van der Waals surface area contributed by atoms with E-state index in [1.807, 2.05) is 12.2 Å². The standard InChI is InChI=1S/C6H10O3.C4H4O2.CH4O.2CH4.H2O/c1-7-5-3-4-6(8-2)9-5;5-3-1-2-4-6;1-2;;;/h3-6H,1-2H3;1-4H;2H,1H3;2*1H4;1H2/b;2-1-;;;;/t5-,6-;;;;;/m0...../s1. The third kappa shape index (κ3) is 19.0. The van der Waals surface area contributed by atoms with E-state index >= 15 is 0 Å². The van der Waals surface area contributed by atoms with Crippen LogP contribution in [0.2, 0.25) is 0 Å². The van der Waals surface area contributed by atoms with Crippen LogP contribution in [-0.2, 0) is 23.8 Å². The SMILES string of the molecule is C.C.CO.CO[C@@H]1C=C[C@@H](OC)O1.O.O=C/C=C\C=O. The van der Waals surface area contributed by atoms with Crippen LogP contribution in [0, 0.1) is 0 Å².